The van der Waals surface area contributed by atoms with Gasteiger partial charge < -0.3 is 14.7 Å². The zero-order chi connectivity index (χ0) is 25.2. The highest BCUT2D eigenvalue weighted by Gasteiger charge is 2.54. The van der Waals surface area contributed by atoms with Gasteiger partial charge in [0.15, 0.2) is 5.82 Å². The second kappa shape index (κ2) is 8.37. The number of rotatable bonds is 4. The van der Waals surface area contributed by atoms with Gasteiger partial charge in [-0.2, -0.15) is 10.2 Å². The van der Waals surface area contributed by atoms with Crippen LogP contribution < -0.4 is 4.90 Å². The van der Waals surface area contributed by atoms with Crippen molar-refractivity contribution in [3.63, 3.8) is 0 Å². The van der Waals surface area contributed by atoms with E-state index in [0.29, 0.717) is 18.1 Å². The van der Waals surface area contributed by atoms with Gasteiger partial charge in [0.25, 0.3) is 0 Å². The number of carbonyl (C=O) groups excluding carboxylic acids is 2. The minimum absolute atomic E-state index is 0.0106. The Morgan fingerprint density at radius 1 is 1.14 bits per heavy atom. The van der Waals surface area contributed by atoms with Gasteiger partial charge in [0.1, 0.15) is 0 Å². The molecule has 0 bridgehead atoms. The molecule has 3 aliphatic rings. The lowest BCUT2D eigenvalue weighted by atomic mass is 9.60. The number of nitrogens with one attached hydrogen (secondary N) is 1. The number of H-pyrrole nitrogens is 1. The number of nitrogens with zero attached hydrogens (tertiary/aromatic N) is 6. The molecule has 2 saturated heterocycles. The SMILES string of the molecule is C=CC(=O)N1CC2(CC(n3nc(N4CCN(C(C)=O)CC4)c(-c4c(Cl)ccc5[nH]ncc45)c3C)C2)C1. The lowest BCUT2D eigenvalue weighted by molar-refractivity contribution is -0.149. The van der Waals surface area contributed by atoms with Crippen molar-refractivity contribution in [2.45, 2.75) is 32.7 Å². The smallest absolute Gasteiger partial charge is 0.245 e. The van der Waals surface area contributed by atoms with E-state index in [2.05, 4.69) is 33.3 Å². The molecule has 188 valence electrons. The summed E-state index contributed by atoms with van der Waals surface area (Å²) in [6.45, 7) is 11.7. The molecular weight excluding hydrogens is 478 g/mol. The van der Waals surface area contributed by atoms with Crippen LogP contribution in [-0.4, -0.2) is 80.9 Å². The first-order chi connectivity index (χ1) is 17.3. The molecule has 1 aromatic carbocycles. The van der Waals surface area contributed by atoms with Crippen molar-refractivity contribution in [3.05, 3.63) is 41.7 Å². The average molecular weight is 508 g/mol. The van der Waals surface area contributed by atoms with Gasteiger partial charge in [-0.1, -0.05) is 18.2 Å². The lowest BCUT2D eigenvalue weighted by Gasteiger charge is -2.58. The molecule has 1 aliphatic carbocycles. The molecule has 3 aromatic rings. The van der Waals surface area contributed by atoms with E-state index in [1.807, 2.05) is 28.1 Å². The molecule has 1 spiro atoms. The predicted octanol–water partition coefficient (Wildman–Crippen LogP) is 3.41. The molecule has 2 aliphatic heterocycles. The zero-order valence-electron chi connectivity index (χ0n) is 20.6. The van der Waals surface area contributed by atoms with Gasteiger partial charge in [-0.05, 0) is 38.0 Å². The Kier molecular flexibility index (Phi) is 5.37. The number of amides is 2. The fourth-order valence-electron chi connectivity index (χ4n) is 6.27. The molecule has 1 saturated carbocycles. The zero-order valence-corrected chi connectivity index (χ0v) is 21.4. The highest BCUT2D eigenvalue weighted by Crippen LogP contribution is 2.55. The summed E-state index contributed by atoms with van der Waals surface area (Å²) in [5, 5.41) is 14.1. The first kappa shape index (κ1) is 23.1. The topological polar surface area (TPSA) is 90.4 Å². The van der Waals surface area contributed by atoms with E-state index < -0.39 is 0 Å². The van der Waals surface area contributed by atoms with Gasteiger partial charge in [-0.15, -0.1) is 0 Å². The Morgan fingerprint density at radius 3 is 2.53 bits per heavy atom. The molecule has 1 N–H and O–H groups in total. The van der Waals surface area contributed by atoms with Gasteiger partial charge in [0, 0.05) is 78.8 Å². The van der Waals surface area contributed by atoms with E-state index in [4.69, 9.17) is 16.7 Å². The summed E-state index contributed by atoms with van der Waals surface area (Å²) in [5.74, 6) is 1.02. The number of benzene rings is 1. The van der Waals surface area contributed by atoms with Gasteiger partial charge in [0.05, 0.1) is 17.8 Å². The van der Waals surface area contributed by atoms with E-state index in [-0.39, 0.29) is 23.3 Å². The van der Waals surface area contributed by atoms with E-state index in [1.54, 1.807) is 6.92 Å². The monoisotopic (exact) mass is 507 g/mol. The minimum atomic E-state index is 0.0106. The summed E-state index contributed by atoms with van der Waals surface area (Å²) in [4.78, 5) is 29.8. The maximum Gasteiger partial charge on any atom is 0.245 e. The molecule has 0 unspecified atom stereocenters. The first-order valence-corrected chi connectivity index (χ1v) is 12.8. The highest BCUT2D eigenvalue weighted by atomic mass is 35.5. The number of halogens is 1. The average Bonchev–Trinajstić information content (AvgIpc) is 3.42. The van der Waals surface area contributed by atoms with Crippen LogP contribution in [0.1, 0.15) is 31.5 Å². The number of piperazine rings is 1. The largest absolute Gasteiger partial charge is 0.351 e. The van der Waals surface area contributed by atoms with Crippen LogP contribution in [0.4, 0.5) is 5.82 Å². The van der Waals surface area contributed by atoms with E-state index in [0.717, 1.165) is 72.6 Å². The Hall–Kier alpha value is -3.33. The second-order valence-electron chi connectivity index (χ2n) is 10.4. The van der Waals surface area contributed by atoms with Crippen LogP contribution in [0.5, 0.6) is 0 Å². The molecule has 0 radical (unpaired) electrons. The molecule has 10 heteroatoms. The Balaban J connectivity index is 1.36. The third-order valence-electron chi connectivity index (χ3n) is 8.20. The number of fused-ring (bicyclic) bond motifs is 1. The quantitative estimate of drug-likeness (QED) is 0.546. The lowest BCUT2D eigenvalue weighted by Crippen LogP contribution is -2.63. The fourth-order valence-corrected chi connectivity index (χ4v) is 6.53. The predicted molar refractivity (Wildman–Crippen MR) is 139 cm³/mol. The van der Waals surface area contributed by atoms with Crippen LogP contribution in [0, 0.1) is 12.3 Å². The van der Waals surface area contributed by atoms with Crippen LogP contribution in [0.25, 0.3) is 22.0 Å². The van der Waals surface area contributed by atoms with Crippen molar-refractivity contribution in [3.8, 4) is 11.1 Å². The number of aromatic nitrogens is 4. The molecule has 6 rings (SSSR count). The molecule has 4 heterocycles. The summed E-state index contributed by atoms with van der Waals surface area (Å²) in [6.07, 6.45) is 5.21. The van der Waals surface area contributed by atoms with E-state index in [9.17, 15) is 9.59 Å². The maximum atomic E-state index is 11.9. The third kappa shape index (κ3) is 3.51. The standard InChI is InChI=1S/C26H30ClN7O2/c1-4-22(36)33-14-26(15-33)11-18(12-26)34-16(2)23(24-19-13-28-29-21(19)6-5-20(24)27)25(30-34)32-9-7-31(8-10-32)17(3)35/h4-6,13,18H,1,7-12,14-15H2,2-3H3,(H,28,29). The van der Waals surface area contributed by atoms with E-state index >= 15 is 0 Å². The van der Waals surface area contributed by atoms with Crippen LogP contribution >= 0.6 is 11.6 Å². The van der Waals surface area contributed by atoms with Crippen molar-refractivity contribution < 1.29 is 9.59 Å². The molecule has 2 amide bonds. The second-order valence-corrected chi connectivity index (χ2v) is 10.8. The summed E-state index contributed by atoms with van der Waals surface area (Å²) in [7, 11) is 0. The summed E-state index contributed by atoms with van der Waals surface area (Å²) < 4.78 is 2.17. The molecule has 0 atom stereocenters. The molecule has 36 heavy (non-hydrogen) atoms. The number of hydrogen-bond acceptors (Lipinski definition) is 5. The summed E-state index contributed by atoms with van der Waals surface area (Å²) in [5.41, 5.74) is 4.17. The van der Waals surface area contributed by atoms with Crippen molar-refractivity contribution in [1.29, 1.82) is 0 Å². The molecule has 9 nitrogen and oxygen atoms in total. The van der Waals surface area contributed by atoms with Gasteiger partial charge in [-0.3, -0.25) is 19.4 Å². The van der Waals surface area contributed by atoms with E-state index in [1.165, 1.54) is 6.08 Å². The van der Waals surface area contributed by atoms with Crippen LogP contribution in [0.2, 0.25) is 5.02 Å². The first-order valence-electron chi connectivity index (χ1n) is 12.4. The van der Waals surface area contributed by atoms with Crippen LogP contribution in [-0.2, 0) is 9.59 Å². The van der Waals surface area contributed by atoms with Crippen LogP contribution in [0.3, 0.4) is 0 Å². The fraction of sp³-hybridized carbons (Fsp3) is 0.462. The van der Waals surface area contributed by atoms with Crippen molar-refractivity contribution in [2.75, 3.05) is 44.2 Å². The van der Waals surface area contributed by atoms with Gasteiger partial charge in [0.2, 0.25) is 11.8 Å². The number of carbonyl (C=O) groups is 2. The van der Waals surface area contributed by atoms with Crippen molar-refractivity contribution in [1.82, 2.24) is 29.8 Å². The van der Waals surface area contributed by atoms with Crippen molar-refractivity contribution in [2.24, 2.45) is 5.41 Å². The number of aromatic amines is 1. The normalized spacial score (nSPS) is 19.5. The number of anilines is 1. The minimum Gasteiger partial charge on any atom is -0.351 e. The van der Waals surface area contributed by atoms with Gasteiger partial charge in [-0.25, -0.2) is 0 Å². The van der Waals surface area contributed by atoms with Gasteiger partial charge >= 0.3 is 0 Å². The third-order valence-corrected chi connectivity index (χ3v) is 8.52. The Bertz CT molecular complexity index is 1370. The number of likely N-dealkylation sites (tertiary alicyclic amines) is 1. The Morgan fingerprint density at radius 2 is 1.86 bits per heavy atom. The molecule has 3 fully saturated rings. The van der Waals surface area contributed by atoms with Crippen molar-refractivity contribution >= 4 is 40.1 Å². The highest BCUT2D eigenvalue weighted by molar-refractivity contribution is 6.35. The maximum absolute atomic E-state index is 11.9. The Labute approximate surface area is 214 Å². The summed E-state index contributed by atoms with van der Waals surface area (Å²) in [6, 6.07) is 4.13. The molecular formula is C26H30ClN7O2. The summed E-state index contributed by atoms with van der Waals surface area (Å²) >= 11 is 6.82. The molecule has 2 aromatic heterocycles. The van der Waals surface area contributed by atoms with Crippen LogP contribution in [0.15, 0.2) is 31.0 Å². The number of hydrogen-bond donors (Lipinski definition) is 1.